The lowest BCUT2D eigenvalue weighted by Crippen LogP contribution is -2.42. The molecule has 4 rings (SSSR count). The van der Waals surface area contributed by atoms with E-state index in [2.05, 4.69) is 38.6 Å². The molecule has 1 aromatic heterocycles. The summed E-state index contributed by atoms with van der Waals surface area (Å²) in [5, 5.41) is 20.0. The highest BCUT2D eigenvalue weighted by Gasteiger charge is 2.19. The van der Waals surface area contributed by atoms with Gasteiger partial charge in [0.25, 0.3) is 5.91 Å². The molecule has 0 saturated heterocycles. The Balaban J connectivity index is 1.22. The first-order chi connectivity index (χ1) is 14.7. The van der Waals surface area contributed by atoms with E-state index in [9.17, 15) is 9.90 Å². The van der Waals surface area contributed by atoms with Crippen LogP contribution in [0.2, 0.25) is 0 Å². The molecule has 0 unspecified atom stereocenters. The molecule has 2 heterocycles. The molecule has 7 nitrogen and oxygen atoms in total. The van der Waals surface area contributed by atoms with E-state index in [1.54, 1.807) is 6.20 Å². The van der Waals surface area contributed by atoms with Gasteiger partial charge < -0.3 is 15.2 Å². The van der Waals surface area contributed by atoms with Gasteiger partial charge in [-0.15, -0.1) is 0 Å². The van der Waals surface area contributed by atoms with Crippen LogP contribution in [0, 0.1) is 0 Å². The van der Waals surface area contributed by atoms with Gasteiger partial charge >= 0.3 is 0 Å². The lowest BCUT2D eigenvalue weighted by molar-refractivity contribution is -0.123. The number of hydrogen-bond acceptors (Lipinski definition) is 5. The lowest BCUT2D eigenvalue weighted by Gasteiger charge is -2.30. The summed E-state index contributed by atoms with van der Waals surface area (Å²) in [6.45, 7) is 2.35. The Labute approximate surface area is 175 Å². The molecule has 1 amide bonds. The third-order valence-electron chi connectivity index (χ3n) is 5.25. The smallest absolute Gasteiger partial charge is 0.258 e. The highest BCUT2D eigenvalue weighted by Crippen LogP contribution is 2.27. The van der Waals surface area contributed by atoms with Gasteiger partial charge in [-0.3, -0.25) is 14.8 Å². The first kappa shape index (κ1) is 20.1. The summed E-state index contributed by atoms with van der Waals surface area (Å²) in [4.78, 5) is 14.4. The molecule has 3 N–H and O–H groups in total. The van der Waals surface area contributed by atoms with E-state index in [0.29, 0.717) is 12.3 Å². The van der Waals surface area contributed by atoms with Crippen LogP contribution in [0.15, 0.2) is 60.8 Å². The first-order valence-corrected chi connectivity index (χ1v) is 10.1. The SMILES string of the molecule is O=C(COc1ccccc1-c1ccn[nH]1)NC[C@H](O)CN1CCc2ccccc2C1. The predicted octanol–water partition coefficient (Wildman–Crippen LogP) is 1.99. The molecule has 30 heavy (non-hydrogen) atoms. The third-order valence-corrected chi connectivity index (χ3v) is 5.25. The minimum atomic E-state index is -0.628. The average molecular weight is 406 g/mol. The van der Waals surface area contributed by atoms with Crippen molar-refractivity contribution in [3.63, 3.8) is 0 Å². The Morgan fingerprint density at radius 3 is 2.80 bits per heavy atom. The second-order valence-electron chi connectivity index (χ2n) is 7.47. The number of aliphatic hydroxyl groups excluding tert-OH is 1. The molecule has 7 heteroatoms. The number of aromatic nitrogens is 2. The van der Waals surface area contributed by atoms with Crippen molar-refractivity contribution in [1.29, 1.82) is 0 Å². The maximum absolute atomic E-state index is 12.2. The predicted molar refractivity (Wildman–Crippen MR) is 114 cm³/mol. The van der Waals surface area contributed by atoms with Gasteiger partial charge in [-0.1, -0.05) is 36.4 Å². The molecular weight excluding hydrogens is 380 g/mol. The number of benzene rings is 2. The molecule has 3 aromatic rings. The zero-order chi connectivity index (χ0) is 20.8. The first-order valence-electron chi connectivity index (χ1n) is 10.1. The van der Waals surface area contributed by atoms with E-state index in [1.807, 2.05) is 36.4 Å². The number of carbonyl (C=O) groups excluding carboxylic acids is 1. The fourth-order valence-electron chi connectivity index (χ4n) is 3.72. The summed E-state index contributed by atoms with van der Waals surface area (Å²) in [7, 11) is 0. The molecular formula is C23H26N4O3. The highest BCUT2D eigenvalue weighted by molar-refractivity contribution is 5.78. The number of carbonyl (C=O) groups is 1. The average Bonchev–Trinajstić information content (AvgIpc) is 3.31. The Bertz CT molecular complexity index is 974. The Morgan fingerprint density at radius 2 is 1.97 bits per heavy atom. The summed E-state index contributed by atoms with van der Waals surface area (Å²) < 4.78 is 5.69. The summed E-state index contributed by atoms with van der Waals surface area (Å²) >= 11 is 0. The number of hydrogen-bond donors (Lipinski definition) is 3. The van der Waals surface area contributed by atoms with Crippen LogP contribution in [0.3, 0.4) is 0 Å². The molecule has 1 atom stereocenters. The number of H-pyrrole nitrogens is 1. The van der Waals surface area contributed by atoms with Crippen LogP contribution in [-0.4, -0.2) is 58.5 Å². The Morgan fingerprint density at radius 1 is 1.17 bits per heavy atom. The molecule has 0 spiro atoms. The van der Waals surface area contributed by atoms with Crippen molar-refractivity contribution in [3.8, 4) is 17.0 Å². The summed E-state index contributed by atoms with van der Waals surface area (Å²) in [5.74, 6) is 0.335. The van der Waals surface area contributed by atoms with E-state index in [1.165, 1.54) is 11.1 Å². The van der Waals surface area contributed by atoms with Crippen LogP contribution in [0.25, 0.3) is 11.3 Å². The van der Waals surface area contributed by atoms with Crippen molar-refractivity contribution in [2.75, 3.05) is 26.2 Å². The van der Waals surface area contributed by atoms with E-state index in [0.717, 1.165) is 30.8 Å². The zero-order valence-corrected chi connectivity index (χ0v) is 16.8. The standard InChI is InChI=1S/C23H26N4O3/c28-19(15-27-12-10-17-5-1-2-6-18(17)14-27)13-24-23(29)16-30-22-8-4-3-7-20(22)21-9-11-25-26-21/h1-9,11,19,28H,10,12-16H2,(H,24,29)(H,25,26)/t19-/m0/s1. The van der Waals surface area contributed by atoms with Gasteiger partial charge in [0.1, 0.15) is 5.75 Å². The monoisotopic (exact) mass is 406 g/mol. The van der Waals surface area contributed by atoms with Gasteiger partial charge in [-0.05, 0) is 35.7 Å². The minimum absolute atomic E-state index is 0.116. The summed E-state index contributed by atoms with van der Waals surface area (Å²) in [6, 6.07) is 17.7. The minimum Gasteiger partial charge on any atom is -0.483 e. The fourth-order valence-corrected chi connectivity index (χ4v) is 3.72. The van der Waals surface area contributed by atoms with Crippen molar-refractivity contribution in [2.45, 2.75) is 19.1 Å². The fraction of sp³-hybridized carbons (Fsp3) is 0.304. The largest absolute Gasteiger partial charge is 0.483 e. The molecule has 0 fully saturated rings. The zero-order valence-electron chi connectivity index (χ0n) is 16.8. The maximum Gasteiger partial charge on any atom is 0.258 e. The normalized spacial score (nSPS) is 14.7. The van der Waals surface area contributed by atoms with Crippen molar-refractivity contribution in [2.24, 2.45) is 0 Å². The van der Waals surface area contributed by atoms with Crippen LogP contribution < -0.4 is 10.1 Å². The number of aromatic amines is 1. The van der Waals surface area contributed by atoms with E-state index in [4.69, 9.17) is 4.74 Å². The summed E-state index contributed by atoms with van der Waals surface area (Å²) in [5.41, 5.74) is 4.35. The van der Waals surface area contributed by atoms with Crippen LogP contribution >= 0.6 is 0 Å². The van der Waals surface area contributed by atoms with Gasteiger partial charge in [0.2, 0.25) is 0 Å². The molecule has 1 aliphatic heterocycles. The van der Waals surface area contributed by atoms with E-state index < -0.39 is 6.10 Å². The molecule has 0 radical (unpaired) electrons. The molecule has 1 aliphatic rings. The molecule has 0 saturated carbocycles. The molecule has 0 aliphatic carbocycles. The van der Waals surface area contributed by atoms with Crippen molar-refractivity contribution >= 4 is 5.91 Å². The quantitative estimate of drug-likeness (QED) is 0.532. The van der Waals surface area contributed by atoms with Crippen LogP contribution in [0.5, 0.6) is 5.75 Å². The van der Waals surface area contributed by atoms with E-state index in [-0.39, 0.29) is 19.1 Å². The number of ether oxygens (including phenoxy) is 1. The van der Waals surface area contributed by atoms with E-state index >= 15 is 0 Å². The van der Waals surface area contributed by atoms with Crippen LogP contribution in [0.1, 0.15) is 11.1 Å². The van der Waals surface area contributed by atoms with Crippen LogP contribution in [0.4, 0.5) is 0 Å². The number of β-amino-alcohol motifs (C(OH)–C–C–N with tert-alkyl or cyclic N) is 1. The number of para-hydroxylation sites is 1. The van der Waals surface area contributed by atoms with Crippen molar-refractivity contribution in [3.05, 3.63) is 71.9 Å². The number of amides is 1. The molecule has 0 bridgehead atoms. The Kier molecular flexibility index (Phi) is 6.41. The topological polar surface area (TPSA) is 90.5 Å². The molecule has 2 aromatic carbocycles. The lowest BCUT2D eigenvalue weighted by atomic mass is 10.00. The third kappa shape index (κ3) is 5.06. The number of rotatable bonds is 8. The number of aliphatic hydroxyl groups is 1. The van der Waals surface area contributed by atoms with Gasteiger partial charge in [0.05, 0.1) is 11.8 Å². The van der Waals surface area contributed by atoms with Crippen LogP contribution in [-0.2, 0) is 17.8 Å². The maximum atomic E-state index is 12.2. The number of nitrogens with one attached hydrogen (secondary N) is 2. The van der Waals surface area contributed by atoms with Gasteiger partial charge in [0, 0.05) is 37.9 Å². The highest BCUT2D eigenvalue weighted by atomic mass is 16.5. The molecule has 156 valence electrons. The van der Waals surface area contributed by atoms with Gasteiger partial charge in [-0.2, -0.15) is 5.10 Å². The second kappa shape index (κ2) is 9.56. The van der Waals surface area contributed by atoms with Gasteiger partial charge in [-0.25, -0.2) is 0 Å². The number of fused-ring (bicyclic) bond motifs is 1. The van der Waals surface area contributed by atoms with Crippen molar-refractivity contribution in [1.82, 2.24) is 20.4 Å². The summed E-state index contributed by atoms with van der Waals surface area (Å²) in [6.07, 6.45) is 2.02. The Hall–Kier alpha value is -3.16. The van der Waals surface area contributed by atoms with Crippen molar-refractivity contribution < 1.29 is 14.6 Å². The number of nitrogens with zero attached hydrogens (tertiary/aromatic N) is 2. The van der Waals surface area contributed by atoms with Gasteiger partial charge in [0.15, 0.2) is 6.61 Å². The second-order valence-corrected chi connectivity index (χ2v) is 7.47.